The van der Waals surface area contributed by atoms with Crippen molar-refractivity contribution in [1.82, 2.24) is 0 Å². The van der Waals surface area contributed by atoms with Crippen LogP contribution in [-0.4, -0.2) is 31.2 Å². The van der Waals surface area contributed by atoms with Gasteiger partial charge >= 0.3 is 0 Å². The van der Waals surface area contributed by atoms with Crippen molar-refractivity contribution in [1.29, 1.82) is 0 Å². The van der Waals surface area contributed by atoms with Gasteiger partial charge in [-0.3, -0.25) is 4.79 Å². The highest BCUT2D eigenvalue weighted by Gasteiger charge is 2.41. The lowest BCUT2D eigenvalue weighted by atomic mass is 9.74. The number of methoxy groups -OCH3 is 1. The molecule has 1 heterocycles. The van der Waals surface area contributed by atoms with Crippen molar-refractivity contribution in [2.24, 2.45) is 5.92 Å². The standard InChI is InChI=1S/C14H24O3/c1-11(16-2)13(15)12-6-9-17-14(10-12)7-4-3-5-8-14/h11-12H,3-10H2,1-2H3. The van der Waals surface area contributed by atoms with E-state index in [0.717, 1.165) is 32.3 Å². The lowest BCUT2D eigenvalue weighted by Crippen LogP contribution is -2.45. The van der Waals surface area contributed by atoms with Gasteiger partial charge in [0.2, 0.25) is 0 Å². The maximum absolute atomic E-state index is 12.2. The highest BCUT2D eigenvalue weighted by molar-refractivity contribution is 5.85. The first-order valence-electron chi connectivity index (χ1n) is 6.87. The highest BCUT2D eigenvalue weighted by atomic mass is 16.5. The maximum atomic E-state index is 12.2. The molecular formula is C14H24O3. The van der Waals surface area contributed by atoms with Gasteiger partial charge in [0.05, 0.1) is 5.60 Å². The second kappa shape index (κ2) is 5.49. The number of carbonyl (C=O) groups excluding carboxylic acids is 1. The molecule has 2 unspecified atom stereocenters. The first-order valence-corrected chi connectivity index (χ1v) is 6.87. The molecule has 0 aromatic heterocycles. The molecule has 1 saturated heterocycles. The number of ketones is 1. The first-order chi connectivity index (χ1) is 8.17. The number of hydrogen-bond donors (Lipinski definition) is 0. The SMILES string of the molecule is COC(C)C(=O)C1CCOC2(CCCCC2)C1. The van der Waals surface area contributed by atoms with Crippen molar-refractivity contribution in [3.8, 4) is 0 Å². The Morgan fingerprint density at radius 3 is 2.71 bits per heavy atom. The average molecular weight is 240 g/mol. The Morgan fingerprint density at radius 2 is 2.06 bits per heavy atom. The third-order valence-electron chi connectivity index (χ3n) is 4.41. The molecular weight excluding hydrogens is 216 g/mol. The quantitative estimate of drug-likeness (QED) is 0.761. The van der Waals surface area contributed by atoms with Crippen molar-refractivity contribution in [2.45, 2.75) is 63.6 Å². The fourth-order valence-electron chi connectivity index (χ4n) is 3.26. The smallest absolute Gasteiger partial charge is 0.164 e. The molecule has 1 spiro atoms. The van der Waals surface area contributed by atoms with Gasteiger partial charge in [0.25, 0.3) is 0 Å². The van der Waals surface area contributed by atoms with Gasteiger partial charge in [0, 0.05) is 19.6 Å². The summed E-state index contributed by atoms with van der Waals surface area (Å²) in [6.07, 6.45) is 7.61. The minimum Gasteiger partial charge on any atom is -0.375 e. The van der Waals surface area contributed by atoms with Crippen LogP contribution in [0.3, 0.4) is 0 Å². The Balaban J connectivity index is 1.98. The van der Waals surface area contributed by atoms with Gasteiger partial charge in [-0.1, -0.05) is 19.3 Å². The molecule has 3 heteroatoms. The lowest BCUT2D eigenvalue weighted by Gasteiger charge is -2.43. The van der Waals surface area contributed by atoms with Crippen molar-refractivity contribution < 1.29 is 14.3 Å². The predicted octanol–water partition coefficient (Wildman–Crippen LogP) is 2.72. The van der Waals surface area contributed by atoms with E-state index in [1.54, 1.807) is 7.11 Å². The molecule has 1 saturated carbocycles. The zero-order chi connectivity index (χ0) is 12.3. The van der Waals surface area contributed by atoms with Gasteiger partial charge in [-0.2, -0.15) is 0 Å². The number of Topliss-reactive ketones (excluding diaryl/α,β-unsaturated/α-hetero) is 1. The molecule has 0 aromatic rings. The zero-order valence-electron chi connectivity index (χ0n) is 11.0. The third-order valence-corrected chi connectivity index (χ3v) is 4.41. The summed E-state index contributed by atoms with van der Waals surface area (Å²) in [5.74, 6) is 0.414. The van der Waals surface area contributed by atoms with Crippen LogP contribution < -0.4 is 0 Å². The zero-order valence-corrected chi connectivity index (χ0v) is 11.0. The van der Waals surface area contributed by atoms with E-state index < -0.39 is 0 Å². The Labute approximate surface area is 104 Å². The number of hydrogen-bond acceptors (Lipinski definition) is 3. The lowest BCUT2D eigenvalue weighted by molar-refractivity contribution is -0.149. The molecule has 1 aliphatic heterocycles. The van der Waals surface area contributed by atoms with Crippen LogP contribution in [0.1, 0.15) is 51.9 Å². The van der Waals surface area contributed by atoms with Gasteiger partial charge in [-0.05, 0) is 32.6 Å². The monoisotopic (exact) mass is 240 g/mol. The molecule has 0 radical (unpaired) electrons. The second-order valence-electron chi connectivity index (χ2n) is 5.56. The fourth-order valence-corrected chi connectivity index (χ4v) is 3.26. The normalized spacial score (nSPS) is 30.1. The van der Waals surface area contributed by atoms with Gasteiger partial charge in [-0.25, -0.2) is 0 Å². The summed E-state index contributed by atoms with van der Waals surface area (Å²) in [5, 5.41) is 0. The van der Waals surface area contributed by atoms with E-state index in [2.05, 4.69) is 0 Å². The fraction of sp³-hybridized carbons (Fsp3) is 0.929. The summed E-state index contributed by atoms with van der Waals surface area (Å²) in [6.45, 7) is 2.60. The van der Waals surface area contributed by atoms with Crippen LogP contribution in [0.4, 0.5) is 0 Å². The van der Waals surface area contributed by atoms with E-state index >= 15 is 0 Å². The van der Waals surface area contributed by atoms with Gasteiger partial charge in [0.15, 0.2) is 5.78 Å². The van der Waals surface area contributed by atoms with E-state index in [1.165, 1.54) is 19.3 Å². The molecule has 0 N–H and O–H groups in total. The highest BCUT2D eigenvalue weighted by Crippen LogP contribution is 2.41. The van der Waals surface area contributed by atoms with Crippen molar-refractivity contribution in [2.75, 3.05) is 13.7 Å². The summed E-state index contributed by atoms with van der Waals surface area (Å²) >= 11 is 0. The summed E-state index contributed by atoms with van der Waals surface area (Å²) in [4.78, 5) is 12.2. The molecule has 98 valence electrons. The van der Waals surface area contributed by atoms with Crippen LogP contribution in [0.25, 0.3) is 0 Å². The van der Waals surface area contributed by atoms with Crippen LogP contribution in [0.15, 0.2) is 0 Å². The van der Waals surface area contributed by atoms with Crippen molar-refractivity contribution in [3.05, 3.63) is 0 Å². The molecule has 0 bridgehead atoms. The van der Waals surface area contributed by atoms with E-state index in [0.29, 0.717) is 0 Å². The van der Waals surface area contributed by atoms with Gasteiger partial charge < -0.3 is 9.47 Å². The number of ether oxygens (including phenoxy) is 2. The number of rotatable bonds is 3. The Hall–Kier alpha value is -0.410. The predicted molar refractivity (Wildman–Crippen MR) is 66.0 cm³/mol. The van der Waals surface area contributed by atoms with E-state index in [9.17, 15) is 4.79 Å². The third kappa shape index (κ3) is 2.89. The molecule has 0 aromatic carbocycles. The Morgan fingerprint density at radius 1 is 1.35 bits per heavy atom. The molecule has 1 aliphatic carbocycles. The molecule has 0 amide bonds. The van der Waals surface area contributed by atoms with Crippen LogP contribution in [0, 0.1) is 5.92 Å². The van der Waals surface area contributed by atoms with Crippen molar-refractivity contribution in [3.63, 3.8) is 0 Å². The Bertz CT molecular complexity index is 263. The summed E-state index contributed by atoms with van der Waals surface area (Å²) < 4.78 is 11.2. The van der Waals surface area contributed by atoms with Gasteiger partial charge in [-0.15, -0.1) is 0 Å². The minimum absolute atomic E-state index is 0.0181. The maximum Gasteiger partial charge on any atom is 0.164 e. The summed E-state index contributed by atoms with van der Waals surface area (Å²) in [6, 6.07) is 0. The minimum atomic E-state index is -0.265. The average Bonchev–Trinajstić information content (AvgIpc) is 2.38. The van der Waals surface area contributed by atoms with Crippen LogP contribution in [0.5, 0.6) is 0 Å². The summed E-state index contributed by atoms with van der Waals surface area (Å²) in [5.41, 5.74) is 0.0181. The van der Waals surface area contributed by atoms with Gasteiger partial charge in [0.1, 0.15) is 6.10 Å². The number of carbonyl (C=O) groups is 1. The van der Waals surface area contributed by atoms with Crippen LogP contribution >= 0.6 is 0 Å². The van der Waals surface area contributed by atoms with E-state index in [-0.39, 0.29) is 23.4 Å². The molecule has 2 atom stereocenters. The largest absolute Gasteiger partial charge is 0.375 e. The van der Waals surface area contributed by atoms with Crippen LogP contribution in [0.2, 0.25) is 0 Å². The van der Waals surface area contributed by atoms with E-state index in [4.69, 9.17) is 9.47 Å². The topological polar surface area (TPSA) is 35.5 Å². The molecule has 2 fully saturated rings. The first kappa shape index (κ1) is 13.0. The molecule has 2 rings (SSSR count). The Kier molecular flexibility index (Phi) is 4.21. The second-order valence-corrected chi connectivity index (χ2v) is 5.56. The molecule has 17 heavy (non-hydrogen) atoms. The van der Waals surface area contributed by atoms with E-state index in [1.807, 2.05) is 6.92 Å². The van der Waals surface area contributed by atoms with Crippen LogP contribution in [-0.2, 0) is 14.3 Å². The molecule has 2 aliphatic rings. The van der Waals surface area contributed by atoms with Crippen molar-refractivity contribution >= 4 is 5.78 Å². The summed E-state index contributed by atoms with van der Waals surface area (Å²) in [7, 11) is 1.61. The molecule has 3 nitrogen and oxygen atoms in total.